The molecule has 3 heterocycles. The van der Waals surface area contributed by atoms with Crippen LogP contribution < -0.4 is 5.32 Å². The van der Waals surface area contributed by atoms with Gasteiger partial charge in [0, 0.05) is 31.4 Å². The van der Waals surface area contributed by atoms with E-state index in [0.717, 1.165) is 6.42 Å². The highest BCUT2D eigenvalue weighted by atomic mass is 16.3. The lowest BCUT2D eigenvalue weighted by Gasteiger charge is -2.16. The molecule has 4 N–H and O–H groups in total. The van der Waals surface area contributed by atoms with Gasteiger partial charge in [-0.05, 0) is 31.4 Å². The van der Waals surface area contributed by atoms with Crippen LogP contribution in [0.4, 0.5) is 0 Å². The number of aromatic nitrogens is 3. The molecule has 2 aromatic rings. The average Bonchev–Trinajstić information content (AvgIpc) is 3.39. The van der Waals surface area contributed by atoms with Gasteiger partial charge in [0.1, 0.15) is 11.4 Å². The summed E-state index contributed by atoms with van der Waals surface area (Å²) in [4.78, 5) is 40.4. The molecule has 1 unspecified atom stereocenters. The number of aliphatic hydroxyl groups excluding tert-OH is 1. The molecule has 1 aliphatic heterocycles. The number of nitrogens with one attached hydrogen (secondary N) is 3. The van der Waals surface area contributed by atoms with E-state index in [1.54, 1.807) is 11.0 Å². The molecule has 0 aromatic carbocycles. The van der Waals surface area contributed by atoms with Gasteiger partial charge in [0.05, 0.1) is 12.3 Å². The molecule has 2 amide bonds. The van der Waals surface area contributed by atoms with Crippen LogP contribution in [0.3, 0.4) is 0 Å². The summed E-state index contributed by atoms with van der Waals surface area (Å²) in [5, 5.41) is 18.2. The molecule has 1 aliphatic rings. The van der Waals surface area contributed by atoms with Crippen molar-refractivity contribution in [2.75, 3.05) is 19.6 Å². The van der Waals surface area contributed by atoms with Crippen molar-refractivity contribution in [1.29, 1.82) is 0 Å². The van der Waals surface area contributed by atoms with E-state index in [9.17, 15) is 14.4 Å². The Morgan fingerprint density at radius 3 is 2.85 bits per heavy atom. The van der Waals surface area contributed by atoms with Crippen molar-refractivity contribution < 1.29 is 19.5 Å². The molecule has 138 valence electrons. The first-order chi connectivity index (χ1) is 12.5. The number of aliphatic hydroxyl groups is 1. The minimum Gasteiger partial charge on any atom is -0.390 e. The molecule has 9 heteroatoms. The highest BCUT2D eigenvalue weighted by Crippen LogP contribution is 2.18. The van der Waals surface area contributed by atoms with Crippen LogP contribution in [0.5, 0.6) is 0 Å². The standard InChI is InChI=1S/C17H21N5O4/c1-10(24)12-4-15(18-7-12)17(26)22-3-2-11(8-22)6-19-16(25)14-5-13(9-23)20-21-14/h4-5,7,11,18,23H,2-3,6,8-9H2,1H3,(H,19,25)(H,20,21). The fourth-order valence-electron chi connectivity index (χ4n) is 2.96. The van der Waals surface area contributed by atoms with Crippen LogP contribution in [0.25, 0.3) is 0 Å². The van der Waals surface area contributed by atoms with E-state index in [-0.39, 0.29) is 35.8 Å². The summed E-state index contributed by atoms with van der Waals surface area (Å²) in [6.07, 6.45) is 2.32. The Balaban J connectivity index is 1.50. The Morgan fingerprint density at radius 2 is 2.19 bits per heavy atom. The van der Waals surface area contributed by atoms with Crippen molar-refractivity contribution in [2.24, 2.45) is 5.92 Å². The number of aromatic amines is 2. The van der Waals surface area contributed by atoms with Crippen LogP contribution in [0.1, 0.15) is 50.4 Å². The van der Waals surface area contributed by atoms with E-state index in [1.165, 1.54) is 19.2 Å². The third-order valence-corrected chi connectivity index (χ3v) is 4.48. The van der Waals surface area contributed by atoms with Gasteiger partial charge in [0.2, 0.25) is 0 Å². The van der Waals surface area contributed by atoms with E-state index in [1.807, 2.05) is 0 Å². The number of carbonyl (C=O) groups is 3. The summed E-state index contributed by atoms with van der Waals surface area (Å²) in [6, 6.07) is 3.06. The normalized spacial score (nSPS) is 16.7. The number of nitrogens with zero attached hydrogens (tertiary/aromatic N) is 2. The zero-order chi connectivity index (χ0) is 18.7. The number of H-pyrrole nitrogens is 2. The molecule has 1 fully saturated rings. The lowest BCUT2D eigenvalue weighted by Crippen LogP contribution is -2.33. The van der Waals surface area contributed by atoms with Crippen LogP contribution in [0, 0.1) is 5.92 Å². The van der Waals surface area contributed by atoms with Crippen LogP contribution in [0.2, 0.25) is 0 Å². The van der Waals surface area contributed by atoms with Gasteiger partial charge < -0.3 is 20.3 Å². The quantitative estimate of drug-likeness (QED) is 0.552. The molecule has 0 aliphatic carbocycles. The Bertz CT molecular complexity index is 825. The maximum Gasteiger partial charge on any atom is 0.271 e. The summed E-state index contributed by atoms with van der Waals surface area (Å²) < 4.78 is 0. The number of ketones is 1. The molecule has 9 nitrogen and oxygen atoms in total. The third kappa shape index (κ3) is 3.83. The van der Waals surface area contributed by atoms with Gasteiger partial charge in [-0.1, -0.05) is 0 Å². The highest BCUT2D eigenvalue weighted by Gasteiger charge is 2.28. The monoisotopic (exact) mass is 359 g/mol. The molecule has 3 rings (SSSR count). The van der Waals surface area contributed by atoms with Gasteiger partial charge >= 0.3 is 0 Å². The number of rotatable bonds is 6. The van der Waals surface area contributed by atoms with Crippen LogP contribution in [0.15, 0.2) is 18.3 Å². The fourth-order valence-corrected chi connectivity index (χ4v) is 2.96. The molecular formula is C17H21N5O4. The number of Topliss-reactive ketones (excluding diaryl/α,β-unsaturated/α-hetero) is 1. The first-order valence-corrected chi connectivity index (χ1v) is 8.40. The summed E-state index contributed by atoms with van der Waals surface area (Å²) in [5.74, 6) is -0.404. The number of hydrogen-bond acceptors (Lipinski definition) is 5. The SMILES string of the molecule is CC(=O)c1c[nH]c(C(=O)N2CCC(CNC(=O)c3cc(CO)[nH]n3)C2)c1. The second-order valence-corrected chi connectivity index (χ2v) is 6.41. The summed E-state index contributed by atoms with van der Waals surface area (Å²) in [6.45, 7) is 2.83. The molecule has 0 spiro atoms. The van der Waals surface area contributed by atoms with Gasteiger partial charge in [-0.3, -0.25) is 19.5 Å². The van der Waals surface area contributed by atoms with Gasteiger partial charge in [0.25, 0.3) is 11.8 Å². The van der Waals surface area contributed by atoms with Crippen molar-refractivity contribution in [1.82, 2.24) is 25.4 Å². The Kier molecular flexibility index (Phi) is 5.17. The minimum absolute atomic E-state index is 0.0926. The highest BCUT2D eigenvalue weighted by molar-refractivity contribution is 5.99. The molecule has 0 saturated carbocycles. The van der Waals surface area contributed by atoms with E-state index >= 15 is 0 Å². The predicted molar refractivity (Wildman–Crippen MR) is 91.7 cm³/mol. The first-order valence-electron chi connectivity index (χ1n) is 8.40. The topological polar surface area (TPSA) is 131 Å². The Labute approximate surface area is 149 Å². The molecule has 1 saturated heterocycles. The summed E-state index contributed by atoms with van der Waals surface area (Å²) >= 11 is 0. The second kappa shape index (κ2) is 7.52. The van der Waals surface area contributed by atoms with Crippen LogP contribution in [-0.2, 0) is 6.61 Å². The van der Waals surface area contributed by atoms with Gasteiger partial charge in [-0.25, -0.2) is 0 Å². The number of carbonyl (C=O) groups excluding carboxylic acids is 3. The van der Waals surface area contributed by atoms with Crippen molar-refractivity contribution >= 4 is 17.6 Å². The van der Waals surface area contributed by atoms with Crippen LogP contribution >= 0.6 is 0 Å². The number of hydrogen-bond donors (Lipinski definition) is 4. The van der Waals surface area contributed by atoms with E-state index in [2.05, 4.69) is 20.5 Å². The van der Waals surface area contributed by atoms with Gasteiger partial charge in [-0.2, -0.15) is 5.10 Å². The largest absolute Gasteiger partial charge is 0.390 e. The molecule has 1 atom stereocenters. The average molecular weight is 359 g/mol. The zero-order valence-corrected chi connectivity index (χ0v) is 14.4. The predicted octanol–water partition coefficient (Wildman–Crippen LogP) is 0.325. The summed E-state index contributed by atoms with van der Waals surface area (Å²) in [5.41, 5.74) is 1.58. The van der Waals surface area contributed by atoms with Crippen molar-refractivity contribution in [2.45, 2.75) is 20.0 Å². The Hall–Kier alpha value is -2.94. The smallest absolute Gasteiger partial charge is 0.271 e. The molecular weight excluding hydrogens is 338 g/mol. The summed E-state index contributed by atoms with van der Waals surface area (Å²) in [7, 11) is 0. The van der Waals surface area contributed by atoms with Crippen molar-refractivity contribution in [3.63, 3.8) is 0 Å². The molecule has 0 radical (unpaired) electrons. The molecule has 0 bridgehead atoms. The second-order valence-electron chi connectivity index (χ2n) is 6.41. The molecule has 2 aromatic heterocycles. The minimum atomic E-state index is -0.318. The van der Waals surface area contributed by atoms with E-state index < -0.39 is 0 Å². The fraction of sp³-hybridized carbons (Fsp3) is 0.412. The maximum atomic E-state index is 12.5. The maximum absolute atomic E-state index is 12.5. The van der Waals surface area contributed by atoms with Gasteiger partial charge in [-0.15, -0.1) is 0 Å². The lowest BCUT2D eigenvalue weighted by atomic mass is 10.1. The van der Waals surface area contributed by atoms with Crippen LogP contribution in [-0.4, -0.2) is 62.4 Å². The first kappa shape index (κ1) is 17.9. The van der Waals surface area contributed by atoms with Gasteiger partial charge in [0.15, 0.2) is 5.78 Å². The lowest BCUT2D eigenvalue weighted by molar-refractivity contribution is 0.0782. The van der Waals surface area contributed by atoms with E-state index in [4.69, 9.17) is 5.11 Å². The zero-order valence-electron chi connectivity index (χ0n) is 14.4. The molecule has 26 heavy (non-hydrogen) atoms. The van der Waals surface area contributed by atoms with Crippen molar-refractivity contribution in [3.8, 4) is 0 Å². The van der Waals surface area contributed by atoms with Crippen molar-refractivity contribution in [3.05, 3.63) is 41.0 Å². The number of amides is 2. The Morgan fingerprint density at radius 1 is 1.38 bits per heavy atom. The van der Waals surface area contributed by atoms with E-state index in [0.29, 0.717) is 36.6 Å². The number of likely N-dealkylation sites (tertiary alicyclic amines) is 1. The third-order valence-electron chi connectivity index (χ3n) is 4.48.